The van der Waals surface area contributed by atoms with Crippen molar-refractivity contribution in [3.63, 3.8) is 0 Å². The van der Waals surface area contributed by atoms with E-state index in [2.05, 4.69) is 26.0 Å². The molecule has 372 valence electrons. The van der Waals surface area contributed by atoms with Crippen LogP contribution in [0.15, 0.2) is 23.3 Å². The van der Waals surface area contributed by atoms with Crippen LogP contribution in [0.25, 0.3) is 0 Å². The molecule has 1 unspecified atom stereocenters. The van der Waals surface area contributed by atoms with Crippen molar-refractivity contribution >= 4 is 5.97 Å². The van der Waals surface area contributed by atoms with Gasteiger partial charge in [0.1, 0.15) is 67.1 Å². The van der Waals surface area contributed by atoms with Crippen LogP contribution in [-0.2, 0) is 33.2 Å². The summed E-state index contributed by atoms with van der Waals surface area (Å²) in [6.45, 7) is 8.06. The normalized spacial score (nSPS) is 47.4. The molecule has 23 atom stereocenters. The first kappa shape index (κ1) is 51.1. The number of allylic oxidation sites excluding steroid dienone is 4. The van der Waals surface area contributed by atoms with Crippen molar-refractivity contribution < 1.29 is 94.5 Å². The Kier molecular flexibility index (Phi) is 15.7. The summed E-state index contributed by atoms with van der Waals surface area (Å²) in [6, 6.07) is 0. The van der Waals surface area contributed by atoms with Crippen LogP contribution in [0.4, 0.5) is 0 Å². The molecule has 2 saturated carbocycles. The fraction of sp³-hybridized carbons (Fsp3) is 0.891. The highest BCUT2D eigenvalue weighted by Gasteiger charge is 2.58. The largest absolute Gasteiger partial charge is 0.481 e. The molecule has 0 bridgehead atoms. The van der Waals surface area contributed by atoms with Crippen LogP contribution >= 0.6 is 0 Å². The minimum absolute atomic E-state index is 0.0623. The van der Waals surface area contributed by atoms with Crippen molar-refractivity contribution in [1.82, 2.24) is 0 Å². The van der Waals surface area contributed by atoms with Gasteiger partial charge in [0.15, 0.2) is 18.9 Å². The standard InChI is InChI=1S/C46H74O19/c1-20(2)46(59,21(3)61-42-38(56)35(53)33(51)30(17-47)63-42)15-11-25(40(57)58)27-9-8-26-24-7-6-22-16-23(10-13-44(22,4)28(24)12-14-45(26,27)5)62-43-39(36(54)34(52)31(18-48)64-43)65-41-37(55)32(50)29(49)19-60-41/h7,12,20-23,25-27,29-39,41-43,47-56,59H,6,8-11,13-19H2,1-5H3,(H,57,58)/t21-,22?,23-,25+,26-,27+,29-,30+,31+,32-,33+,34+,35-,36-,37+,38+,39+,41-,42+,43+,44-,45-,46+/m0/s1. The van der Waals surface area contributed by atoms with Gasteiger partial charge in [0, 0.05) is 0 Å². The molecule has 0 aromatic heterocycles. The number of aliphatic hydroxyl groups is 11. The molecule has 3 aliphatic heterocycles. The quantitative estimate of drug-likeness (QED) is 0.0957. The fourth-order valence-electron chi connectivity index (χ4n) is 12.5. The van der Waals surface area contributed by atoms with E-state index >= 15 is 0 Å². The van der Waals surface area contributed by atoms with Gasteiger partial charge in [-0.15, -0.1) is 0 Å². The lowest BCUT2D eigenvalue weighted by Crippen LogP contribution is -2.63. The highest BCUT2D eigenvalue weighted by Crippen LogP contribution is 2.65. The van der Waals surface area contributed by atoms with Crippen molar-refractivity contribution in [3.05, 3.63) is 23.3 Å². The van der Waals surface area contributed by atoms with Crippen LogP contribution in [0.2, 0.25) is 0 Å². The van der Waals surface area contributed by atoms with E-state index in [1.54, 1.807) is 20.8 Å². The van der Waals surface area contributed by atoms with Crippen LogP contribution in [-0.4, -0.2) is 191 Å². The Morgan fingerprint density at radius 2 is 1.46 bits per heavy atom. The number of carboxylic acid groups (broad SMARTS) is 1. The second-order valence-electron chi connectivity index (χ2n) is 20.8. The summed E-state index contributed by atoms with van der Waals surface area (Å²) in [7, 11) is 0. The highest BCUT2D eigenvalue weighted by atomic mass is 16.8. The molecule has 19 nitrogen and oxygen atoms in total. The van der Waals surface area contributed by atoms with Crippen LogP contribution in [0.3, 0.4) is 0 Å². The number of aliphatic carboxylic acids is 1. The zero-order valence-corrected chi connectivity index (χ0v) is 38.0. The number of rotatable bonds is 15. The maximum absolute atomic E-state index is 13.2. The highest BCUT2D eigenvalue weighted by molar-refractivity contribution is 5.70. The van der Waals surface area contributed by atoms with Crippen molar-refractivity contribution in [2.45, 2.75) is 196 Å². The fourth-order valence-corrected chi connectivity index (χ4v) is 12.5. The lowest BCUT2D eigenvalue weighted by molar-refractivity contribution is -0.363. The topological polar surface area (TPSA) is 315 Å². The first-order valence-corrected chi connectivity index (χ1v) is 23.5. The van der Waals surface area contributed by atoms with Gasteiger partial charge in [-0.1, -0.05) is 39.8 Å². The third kappa shape index (κ3) is 9.38. The van der Waals surface area contributed by atoms with Gasteiger partial charge in [-0.05, 0) is 110 Å². The van der Waals surface area contributed by atoms with Crippen LogP contribution in [0.1, 0.15) is 92.4 Å². The van der Waals surface area contributed by atoms with E-state index in [1.807, 2.05) is 0 Å². The number of hydrogen-bond donors (Lipinski definition) is 12. The molecule has 0 spiro atoms. The summed E-state index contributed by atoms with van der Waals surface area (Å²) in [6.07, 6.45) is -12.3. The molecule has 65 heavy (non-hydrogen) atoms. The van der Waals surface area contributed by atoms with Crippen molar-refractivity contribution in [1.29, 1.82) is 0 Å². The number of carboxylic acids is 1. The van der Waals surface area contributed by atoms with Crippen LogP contribution in [0, 0.1) is 40.4 Å². The monoisotopic (exact) mass is 930 g/mol. The van der Waals surface area contributed by atoms with E-state index in [4.69, 9.17) is 28.4 Å². The van der Waals surface area contributed by atoms with Gasteiger partial charge >= 0.3 is 5.97 Å². The molecule has 3 saturated heterocycles. The van der Waals surface area contributed by atoms with Crippen LogP contribution in [0.5, 0.6) is 0 Å². The van der Waals surface area contributed by atoms with E-state index in [-0.39, 0.29) is 54.1 Å². The molecule has 3 heterocycles. The third-order valence-corrected chi connectivity index (χ3v) is 17.0. The smallest absolute Gasteiger partial charge is 0.306 e. The van der Waals surface area contributed by atoms with Crippen molar-refractivity contribution in [2.24, 2.45) is 40.4 Å². The summed E-state index contributed by atoms with van der Waals surface area (Å²) in [5.74, 6) is -2.07. The molecule has 0 aromatic rings. The van der Waals surface area contributed by atoms with E-state index in [1.165, 1.54) is 11.1 Å². The van der Waals surface area contributed by atoms with Gasteiger partial charge in [-0.2, -0.15) is 0 Å². The summed E-state index contributed by atoms with van der Waals surface area (Å²) < 4.78 is 35.3. The molecule has 12 N–H and O–H groups in total. The minimum atomic E-state index is -1.66. The number of hydrogen-bond acceptors (Lipinski definition) is 18. The number of fused-ring (bicyclic) bond motifs is 5. The van der Waals surface area contributed by atoms with Crippen LogP contribution < -0.4 is 0 Å². The predicted octanol–water partition coefficient (Wildman–Crippen LogP) is -0.793. The lowest BCUT2D eigenvalue weighted by atomic mass is 9.51. The van der Waals surface area contributed by atoms with Gasteiger partial charge in [0.25, 0.3) is 0 Å². The first-order chi connectivity index (χ1) is 30.6. The third-order valence-electron chi connectivity index (χ3n) is 17.0. The van der Waals surface area contributed by atoms with E-state index < -0.39 is 129 Å². The minimum Gasteiger partial charge on any atom is -0.481 e. The number of aliphatic hydroxyl groups excluding tert-OH is 10. The van der Waals surface area contributed by atoms with Gasteiger partial charge in [-0.25, -0.2) is 0 Å². The SMILES string of the molecule is CC(C)[C@](O)(CC[C@@H](C(=O)O)[C@H]1CC[C@H]2C3=CCC4C[C@@H](O[C@@H]5O[C@H](CO)[C@@H](O)[C@H](O)[C@H]5O[C@@H]5OC[C@H](O)[C@H](O)[C@H]5O)CC[C@]4(C)C3=CC[C@]12C)[C@H](C)O[C@@H]1O[C@H](CO)[C@@H](O)[C@H](O)[C@H]1O. The summed E-state index contributed by atoms with van der Waals surface area (Å²) in [4.78, 5) is 13.2. The van der Waals surface area contributed by atoms with E-state index in [9.17, 15) is 66.1 Å². The molecule has 0 aromatic carbocycles. The maximum atomic E-state index is 13.2. The molecule has 4 aliphatic carbocycles. The maximum Gasteiger partial charge on any atom is 0.306 e. The Hall–Kier alpha value is -1.73. The molecule has 7 aliphatic rings. The lowest BCUT2D eigenvalue weighted by Gasteiger charge is -2.54. The van der Waals surface area contributed by atoms with Crippen molar-refractivity contribution in [2.75, 3.05) is 19.8 Å². The number of carbonyl (C=O) groups is 1. The zero-order valence-electron chi connectivity index (χ0n) is 38.0. The molecule has 19 heteroatoms. The number of ether oxygens (including phenoxy) is 6. The van der Waals surface area contributed by atoms with E-state index in [0.29, 0.717) is 25.7 Å². The zero-order chi connectivity index (χ0) is 47.5. The molecule has 7 rings (SSSR count). The Morgan fingerprint density at radius 1 is 0.815 bits per heavy atom. The molecule has 5 fully saturated rings. The molecular weight excluding hydrogens is 856 g/mol. The Labute approximate surface area is 379 Å². The average molecular weight is 931 g/mol. The average Bonchev–Trinajstić information content (AvgIpc) is 3.62. The Bertz CT molecular complexity index is 1710. The summed E-state index contributed by atoms with van der Waals surface area (Å²) in [5.41, 5.74) is 0.372. The van der Waals surface area contributed by atoms with Gasteiger partial charge in [0.2, 0.25) is 0 Å². The Morgan fingerprint density at radius 3 is 2.11 bits per heavy atom. The first-order valence-electron chi connectivity index (χ1n) is 23.5. The predicted molar refractivity (Wildman–Crippen MR) is 225 cm³/mol. The second-order valence-corrected chi connectivity index (χ2v) is 20.8. The molecule has 0 radical (unpaired) electrons. The second kappa shape index (κ2) is 19.9. The summed E-state index contributed by atoms with van der Waals surface area (Å²) in [5, 5.41) is 126. The van der Waals surface area contributed by atoms with Crippen molar-refractivity contribution in [3.8, 4) is 0 Å². The molecule has 0 amide bonds. The van der Waals surface area contributed by atoms with Gasteiger partial charge < -0.3 is 89.7 Å². The van der Waals surface area contributed by atoms with Gasteiger partial charge in [-0.3, -0.25) is 4.79 Å². The molecular formula is C46H74O19. The Balaban J connectivity index is 1.02. The summed E-state index contributed by atoms with van der Waals surface area (Å²) >= 11 is 0. The van der Waals surface area contributed by atoms with Gasteiger partial charge in [0.05, 0.1) is 43.5 Å². The van der Waals surface area contributed by atoms with E-state index in [0.717, 1.165) is 19.3 Å².